The molecule has 0 atom stereocenters. The highest BCUT2D eigenvalue weighted by molar-refractivity contribution is 7.17. The lowest BCUT2D eigenvalue weighted by Gasteiger charge is -2.14. The summed E-state index contributed by atoms with van der Waals surface area (Å²) >= 11 is 1.29. The van der Waals surface area contributed by atoms with Crippen LogP contribution in [0.3, 0.4) is 0 Å². The standard InChI is InChI=1S/C19H19N3O4S/c1-11-17(27-19(21-11)13-7-5-6-8-20-13)18(23)22-12-9-14(24-2)16(26-4)15(10-12)25-3/h5-10H,1-4H3,(H,22,23). The number of aryl methyl sites for hydroxylation is 1. The van der Waals surface area contributed by atoms with Crippen LogP contribution in [0.15, 0.2) is 36.5 Å². The Bertz CT molecular complexity index is 932. The molecule has 0 bridgehead atoms. The normalized spacial score (nSPS) is 10.4. The molecule has 0 aliphatic rings. The second-order valence-electron chi connectivity index (χ2n) is 5.52. The maximum Gasteiger partial charge on any atom is 0.267 e. The third-order valence-electron chi connectivity index (χ3n) is 3.81. The largest absolute Gasteiger partial charge is 0.493 e. The number of amides is 1. The zero-order valence-corrected chi connectivity index (χ0v) is 16.2. The van der Waals surface area contributed by atoms with Gasteiger partial charge in [-0.15, -0.1) is 11.3 Å². The smallest absolute Gasteiger partial charge is 0.267 e. The van der Waals surface area contributed by atoms with Crippen molar-refractivity contribution in [3.63, 3.8) is 0 Å². The van der Waals surface area contributed by atoms with E-state index in [1.807, 2.05) is 18.2 Å². The summed E-state index contributed by atoms with van der Waals surface area (Å²) in [5.41, 5.74) is 1.91. The fourth-order valence-electron chi connectivity index (χ4n) is 2.55. The Labute approximate surface area is 161 Å². The van der Waals surface area contributed by atoms with Gasteiger partial charge in [-0.1, -0.05) is 6.07 Å². The SMILES string of the molecule is COc1cc(NC(=O)c2sc(-c3ccccn3)nc2C)cc(OC)c1OC. The molecule has 0 radical (unpaired) electrons. The first kappa shape index (κ1) is 18.7. The van der Waals surface area contributed by atoms with Gasteiger partial charge >= 0.3 is 0 Å². The maximum atomic E-state index is 12.8. The quantitative estimate of drug-likeness (QED) is 0.695. The number of aromatic nitrogens is 2. The number of hydrogen-bond acceptors (Lipinski definition) is 7. The third kappa shape index (κ3) is 3.85. The van der Waals surface area contributed by atoms with Crippen LogP contribution < -0.4 is 19.5 Å². The summed E-state index contributed by atoms with van der Waals surface area (Å²) in [5, 5.41) is 3.56. The van der Waals surface area contributed by atoms with Gasteiger partial charge in [-0.2, -0.15) is 0 Å². The molecule has 1 aromatic carbocycles. The highest BCUT2D eigenvalue weighted by atomic mass is 32.1. The number of methoxy groups -OCH3 is 3. The van der Waals surface area contributed by atoms with Gasteiger partial charge in [0.15, 0.2) is 11.5 Å². The molecule has 2 heterocycles. The Kier molecular flexibility index (Phi) is 5.56. The number of carbonyl (C=O) groups is 1. The molecule has 0 spiro atoms. The number of nitrogens with one attached hydrogen (secondary N) is 1. The Morgan fingerprint density at radius 3 is 2.33 bits per heavy atom. The van der Waals surface area contributed by atoms with Gasteiger partial charge in [0, 0.05) is 24.0 Å². The van der Waals surface area contributed by atoms with Crippen LogP contribution in [-0.4, -0.2) is 37.2 Å². The Hall–Kier alpha value is -3.13. The fourth-order valence-corrected chi connectivity index (χ4v) is 3.49. The molecule has 7 nitrogen and oxygen atoms in total. The number of pyridine rings is 1. The number of benzene rings is 1. The Morgan fingerprint density at radius 2 is 1.78 bits per heavy atom. The van der Waals surface area contributed by atoms with Crippen LogP contribution in [0, 0.1) is 6.92 Å². The molecular weight excluding hydrogens is 366 g/mol. The van der Waals surface area contributed by atoms with E-state index in [1.54, 1.807) is 25.3 Å². The number of carbonyl (C=O) groups excluding carboxylic acids is 1. The predicted molar refractivity (Wildman–Crippen MR) is 104 cm³/mol. The fraction of sp³-hybridized carbons (Fsp3) is 0.211. The van der Waals surface area contributed by atoms with Crippen molar-refractivity contribution in [3.8, 4) is 28.0 Å². The summed E-state index contributed by atoms with van der Waals surface area (Å²) in [6.07, 6.45) is 1.70. The number of nitrogens with zero attached hydrogens (tertiary/aromatic N) is 2. The van der Waals surface area contributed by atoms with Crippen molar-refractivity contribution >= 4 is 22.9 Å². The zero-order valence-electron chi connectivity index (χ0n) is 15.4. The average molecular weight is 385 g/mol. The van der Waals surface area contributed by atoms with Gasteiger partial charge in [-0.05, 0) is 19.1 Å². The minimum atomic E-state index is -0.263. The average Bonchev–Trinajstić information content (AvgIpc) is 3.09. The van der Waals surface area contributed by atoms with Crippen molar-refractivity contribution < 1.29 is 19.0 Å². The van der Waals surface area contributed by atoms with Gasteiger partial charge in [0.2, 0.25) is 5.75 Å². The number of anilines is 1. The van der Waals surface area contributed by atoms with Crippen molar-refractivity contribution in [2.24, 2.45) is 0 Å². The van der Waals surface area contributed by atoms with Gasteiger partial charge in [0.05, 0.1) is 32.7 Å². The topological polar surface area (TPSA) is 82.6 Å². The van der Waals surface area contributed by atoms with Crippen molar-refractivity contribution in [2.45, 2.75) is 6.92 Å². The molecule has 3 aromatic rings. The molecule has 1 N–H and O–H groups in total. The van der Waals surface area contributed by atoms with Gasteiger partial charge < -0.3 is 19.5 Å². The van der Waals surface area contributed by atoms with Gasteiger partial charge in [-0.25, -0.2) is 4.98 Å². The Morgan fingerprint density at radius 1 is 1.07 bits per heavy atom. The zero-order chi connectivity index (χ0) is 19.4. The molecule has 8 heteroatoms. The van der Waals surface area contributed by atoms with Crippen LogP contribution in [0.4, 0.5) is 5.69 Å². The first-order chi connectivity index (χ1) is 13.1. The lowest BCUT2D eigenvalue weighted by Crippen LogP contribution is -2.12. The van der Waals surface area contributed by atoms with E-state index in [0.717, 1.165) is 5.69 Å². The number of thiazole rings is 1. The second kappa shape index (κ2) is 8.05. The first-order valence-corrected chi connectivity index (χ1v) is 8.89. The number of rotatable bonds is 6. The number of hydrogen-bond donors (Lipinski definition) is 1. The first-order valence-electron chi connectivity index (χ1n) is 8.07. The van der Waals surface area contributed by atoms with E-state index in [0.29, 0.717) is 38.5 Å². The summed E-state index contributed by atoms with van der Waals surface area (Å²) < 4.78 is 15.9. The maximum absolute atomic E-state index is 12.8. The van der Waals surface area contributed by atoms with Crippen LogP contribution in [-0.2, 0) is 0 Å². The summed E-state index contributed by atoms with van der Waals surface area (Å²) in [5.74, 6) is 1.12. The summed E-state index contributed by atoms with van der Waals surface area (Å²) in [6, 6.07) is 8.93. The van der Waals surface area contributed by atoms with E-state index in [2.05, 4.69) is 15.3 Å². The van der Waals surface area contributed by atoms with Crippen LogP contribution in [0.5, 0.6) is 17.2 Å². The van der Waals surface area contributed by atoms with Gasteiger partial charge in [-0.3, -0.25) is 9.78 Å². The molecule has 2 aromatic heterocycles. The predicted octanol–water partition coefficient (Wildman–Crippen LogP) is 3.79. The number of ether oxygens (including phenoxy) is 3. The van der Waals surface area contributed by atoms with Crippen molar-refractivity contribution in [2.75, 3.05) is 26.6 Å². The van der Waals surface area contributed by atoms with E-state index in [4.69, 9.17) is 14.2 Å². The van der Waals surface area contributed by atoms with Crippen LogP contribution in [0.25, 0.3) is 10.7 Å². The summed E-state index contributed by atoms with van der Waals surface area (Å²) in [7, 11) is 4.57. The molecule has 0 unspecified atom stereocenters. The second-order valence-corrected chi connectivity index (χ2v) is 6.52. The molecule has 0 saturated heterocycles. The van der Waals surface area contributed by atoms with Crippen LogP contribution in [0.2, 0.25) is 0 Å². The van der Waals surface area contributed by atoms with Crippen LogP contribution in [0.1, 0.15) is 15.4 Å². The summed E-state index contributed by atoms with van der Waals surface area (Å²) in [4.78, 5) is 22.0. The lowest BCUT2D eigenvalue weighted by atomic mass is 10.2. The highest BCUT2D eigenvalue weighted by Crippen LogP contribution is 2.40. The molecule has 0 aliphatic carbocycles. The van der Waals surface area contributed by atoms with Gasteiger partial charge in [0.1, 0.15) is 9.88 Å². The van der Waals surface area contributed by atoms with E-state index in [-0.39, 0.29) is 5.91 Å². The summed E-state index contributed by atoms with van der Waals surface area (Å²) in [6.45, 7) is 1.80. The molecule has 27 heavy (non-hydrogen) atoms. The third-order valence-corrected chi connectivity index (χ3v) is 4.99. The molecule has 0 aliphatic heterocycles. The molecular formula is C19H19N3O4S. The molecule has 1 amide bonds. The van der Waals surface area contributed by atoms with Crippen molar-refractivity contribution in [1.29, 1.82) is 0 Å². The van der Waals surface area contributed by atoms with E-state index in [1.165, 1.54) is 32.7 Å². The minimum absolute atomic E-state index is 0.263. The van der Waals surface area contributed by atoms with E-state index >= 15 is 0 Å². The highest BCUT2D eigenvalue weighted by Gasteiger charge is 2.19. The monoisotopic (exact) mass is 385 g/mol. The molecule has 0 fully saturated rings. The van der Waals surface area contributed by atoms with Crippen LogP contribution >= 0.6 is 11.3 Å². The molecule has 0 saturated carbocycles. The lowest BCUT2D eigenvalue weighted by molar-refractivity contribution is 0.103. The van der Waals surface area contributed by atoms with Gasteiger partial charge in [0.25, 0.3) is 5.91 Å². The Balaban J connectivity index is 1.89. The molecule has 140 valence electrons. The molecule has 3 rings (SSSR count). The van der Waals surface area contributed by atoms with Crippen molar-refractivity contribution in [1.82, 2.24) is 9.97 Å². The van der Waals surface area contributed by atoms with E-state index < -0.39 is 0 Å². The van der Waals surface area contributed by atoms with E-state index in [9.17, 15) is 4.79 Å². The minimum Gasteiger partial charge on any atom is -0.493 e. The van der Waals surface area contributed by atoms with Crippen molar-refractivity contribution in [3.05, 3.63) is 47.1 Å².